The highest BCUT2D eigenvalue weighted by Crippen LogP contribution is 2.05. The van der Waals surface area contributed by atoms with Crippen molar-refractivity contribution in [2.75, 3.05) is 7.05 Å². The smallest absolute Gasteiger partial charge is 0.228 e. The van der Waals surface area contributed by atoms with Gasteiger partial charge in [0.25, 0.3) is 0 Å². The Kier molecular flexibility index (Phi) is 3.89. The lowest BCUT2D eigenvalue weighted by atomic mass is 10.1. The lowest BCUT2D eigenvalue weighted by Crippen LogP contribution is -2.27. The number of aromatic nitrogens is 2. The molecule has 0 radical (unpaired) electrons. The summed E-state index contributed by atoms with van der Waals surface area (Å²) in [5.74, 6) is 1.44. The number of nitrogens with zero attached hydrogens (tertiary/aromatic N) is 2. The first kappa shape index (κ1) is 10.2. The summed E-state index contributed by atoms with van der Waals surface area (Å²) in [6.07, 6.45) is 3.13. The number of aryl methyl sites for hydroxylation is 1. The maximum atomic E-state index is 5.04. The van der Waals surface area contributed by atoms with Crippen LogP contribution in [0.4, 0.5) is 0 Å². The standard InChI is InChI=1S/C9H17N3O/c1-4-5-8(10-3)6-9-11-7(2)12-13-9/h8,10H,4-6H2,1-3H3. The molecular formula is C9H17N3O. The van der Waals surface area contributed by atoms with E-state index in [1.165, 1.54) is 6.42 Å². The molecule has 4 nitrogen and oxygen atoms in total. The van der Waals surface area contributed by atoms with Crippen LogP contribution < -0.4 is 5.32 Å². The van der Waals surface area contributed by atoms with Gasteiger partial charge in [-0.15, -0.1) is 0 Å². The van der Waals surface area contributed by atoms with Crippen molar-refractivity contribution in [3.05, 3.63) is 11.7 Å². The van der Waals surface area contributed by atoms with Crippen molar-refractivity contribution in [2.24, 2.45) is 0 Å². The fraction of sp³-hybridized carbons (Fsp3) is 0.778. The summed E-state index contributed by atoms with van der Waals surface area (Å²) >= 11 is 0. The second-order valence-corrected chi connectivity index (χ2v) is 3.21. The van der Waals surface area contributed by atoms with Gasteiger partial charge < -0.3 is 9.84 Å². The molecule has 1 heterocycles. The molecule has 1 N–H and O–H groups in total. The van der Waals surface area contributed by atoms with Crippen LogP contribution >= 0.6 is 0 Å². The molecule has 4 heteroatoms. The Balaban J connectivity index is 2.46. The molecule has 1 rings (SSSR count). The van der Waals surface area contributed by atoms with Gasteiger partial charge in [-0.3, -0.25) is 0 Å². The summed E-state index contributed by atoms with van der Waals surface area (Å²) in [6.45, 7) is 4.00. The summed E-state index contributed by atoms with van der Waals surface area (Å²) in [5.41, 5.74) is 0. The minimum atomic E-state index is 0.449. The fourth-order valence-corrected chi connectivity index (χ4v) is 1.33. The molecule has 13 heavy (non-hydrogen) atoms. The first-order chi connectivity index (χ1) is 6.26. The van der Waals surface area contributed by atoms with Crippen LogP contribution in [-0.4, -0.2) is 23.2 Å². The normalized spacial score (nSPS) is 13.2. The molecule has 74 valence electrons. The van der Waals surface area contributed by atoms with Gasteiger partial charge in [-0.25, -0.2) is 0 Å². The highest BCUT2D eigenvalue weighted by molar-refractivity contribution is 4.86. The highest BCUT2D eigenvalue weighted by atomic mass is 16.5. The van der Waals surface area contributed by atoms with E-state index in [2.05, 4.69) is 22.4 Å². The van der Waals surface area contributed by atoms with E-state index in [0.29, 0.717) is 11.9 Å². The van der Waals surface area contributed by atoms with Crippen LogP contribution in [-0.2, 0) is 6.42 Å². The van der Waals surface area contributed by atoms with Crippen LogP contribution in [0.5, 0.6) is 0 Å². The van der Waals surface area contributed by atoms with Gasteiger partial charge in [0.05, 0.1) is 0 Å². The van der Waals surface area contributed by atoms with E-state index in [9.17, 15) is 0 Å². The van der Waals surface area contributed by atoms with Crippen molar-refractivity contribution in [2.45, 2.75) is 39.2 Å². The van der Waals surface area contributed by atoms with Crippen molar-refractivity contribution in [3.63, 3.8) is 0 Å². The van der Waals surface area contributed by atoms with Gasteiger partial charge in [-0.05, 0) is 20.4 Å². The van der Waals surface area contributed by atoms with Crippen LogP contribution in [0.1, 0.15) is 31.5 Å². The number of nitrogens with one attached hydrogen (secondary N) is 1. The van der Waals surface area contributed by atoms with Crippen molar-refractivity contribution in [1.82, 2.24) is 15.5 Å². The minimum absolute atomic E-state index is 0.449. The minimum Gasteiger partial charge on any atom is -0.339 e. The molecule has 0 spiro atoms. The van der Waals surface area contributed by atoms with Gasteiger partial charge >= 0.3 is 0 Å². The van der Waals surface area contributed by atoms with Gasteiger partial charge in [-0.1, -0.05) is 18.5 Å². The van der Waals surface area contributed by atoms with Crippen molar-refractivity contribution in [3.8, 4) is 0 Å². The summed E-state index contributed by atoms with van der Waals surface area (Å²) in [4.78, 5) is 4.16. The molecule has 0 saturated carbocycles. The Hall–Kier alpha value is -0.900. The molecule has 0 aliphatic rings. The highest BCUT2D eigenvalue weighted by Gasteiger charge is 2.10. The van der Waals surface area contributed by atoms with Crippen molar-refractivity contribution in [1.29, 1.82) is 0 Å². The molecule has 0 bridgehead atoms. The molecule has 0 aromatic carbocycles. The number of likely N-dealkylation sites (N-methyl/N-ethyl adjacent to an activating group) is 1. The Morgan fingerprint density at radius 2 is 2.31 bits per heavy atom. The summed E-state index contributed by atoms with van der Waals surface area (Å²) < 4.78 is 5.04. The number of hydrogen-bond donors (Lipinski definition) is 1. The Labute approximate surface area is 78.7 Å². The Morgan fingerprint density at radius 1 is 1.54 bits per heavy atom. The lowest BCUT2D eigenvalue weighted by molar-refractivity contribution is 0.353. The molecule has 0 fully saturated rings. The van der Waals surface area contributed by atoms with E-state index in [4.69, 9.17) is 4.52 Å². The van der Waals surface area contributed by atoms with Crippen LogP contribution in [0.25, 0.3) is 0 Å². The van der Waals surface area contributed by atoms with E-state index in [0.717, 1.165) is 18.7 Å². The van der Waals surface area contributed by atoms with E-state index in [1.54, 1.807) is 0 Å². The van der Waals surface area contributed by atoms with E-state index >= 15 is 0 Å². The Bertz CT molecular complexity index is 247. The fourth-order valence-electron chi connectivity index (χ4n) is 1.33. The third-order valence-electron chi connectivity index (χ3n) is 2.04. The van der Waals surface area contributed by atoms with E-state index < -0.39 is 0 Å². The molecule has 1 aromatic heterocycles. The molecule has 0 aliphatic heterocycles. The third kappa shape index (κ3) is 3.14. The van der Waals surface area contributed by atoms with Gasteiger partial charge in [0, 0.05) is 12.5 Å². The quantitative estimate of drug-likeness (QED) is 0.747. The Morgan fingerprint density at radius 3 is 2.77 bits per heavy atom. The first-order valence-electron chi connectivity index (χ1n) is 4.72. The molecule has 0 aliphatic carbocycles. The molecule has 1 unspecified atom stereocenters. The number of hydrogen-bond acceptors (Lipinski definition) is 4. The summed E-state index contributed by atoms with van der Waals surface area (Å²) in [7, 11) is 1.96. The zero-order chi connectivity index (χ0) is 9.68. The van der Waals surface area contributed by atoms with E-state index in [-0.39, 0.29) is 0 Å². The van der Waals surface area contributed by atoms with Crippen LogP contribution in [0.2, 0.25) is 0 Å². The van der Waals surface area contributed by atoms with Crippen LogP contribution in [0.3, 0.4) is 0 Å². The zero-order valence-electron chi connectivity index (χ0n) is 8.50. The predicted octanol–water partition coefficient (Wildman–Crippen LogP) is 1.31. The maximum Gasteiger partial charge on any atom is 0.228 e. The van der Waals surface area contributed by atoms with Gasteiger partial charge in [0.1, 0.15) is 0 Å². The molecule has 0 saturated heterocycles. The lowest BCUT2D eigenvalue weighted by Gasteiger charge is -2.11. The number of rotatable bonds is 5. The summed E-state index contributed by atoms with van der Waals surface area (Å²) in [6, 6.07) is 0.449. The van der Waals surface area contributed by atoms with Crippen LogP contribution in [0, 0.1) is 6.92 Å². The second kappa shape index (κ2) is 4.97. The van der Waals surface area contributed by atoms with Gasteiger partial charge in [-0.2, -0.15) is 4.98 Å². The van der Waals surface area contributed by atoms with Crippen molar-refractivity contribution >= 4 is 0 Å². The topological polar surface area (TPSA) is 51.0 Å². The third-order valence-corrected chi connectivity index (χ3v) is 2.04. The molecule has 1 aromatic rings. The van der Waals surface area contributed by atoms with Gasteiger partial charge in [0.15, 0.2) is 5.82 Å². The average Bonchev–Trinajstić information content (AvgIpc) is 2.50. The monoisotopic (exact) mass is 183 g/mol. The van der Waals surface area contributed by atoms with E-state index in [1.807, 2.05) is 14.0 Å². The maximum absolute atomic E-state index is 5.04. The molecular weight excluding hydrogens is 166 g/mol. The average molecular weight is 183 g/mol. The summed E-state index contributed by atoms with van der Waals surface area (Å²) in [5, 5.41) is 6.98. The second-order valence-electron chi connectivity index (χ2n) is 3.21. The molecule has 1 atom stereocenters. The van der Waals surface area contributed by atoms with Crippen LogP contribution in [0.15, 0.2) is 4.52 Å². The van der Waals surface area contributed by atoms with Crippen molar-refractivity contribution < 1.29 is 4.52 Å². The molecule has 0 amide bonds. The zero-order valence-corrected chi connectivity index (χ0v) is 8.50. The van der Waals surface area contributed by atoms with Gasteiger partial charge in [0.2, 0.25) is 5.89 Å². The SMILES string of the molecule is CCCC(Cc1nc(C)no1)NC. The predicted molar refractivity (Wildman–Crippen MR) is 50.5 cm³/mol. The first-order valence-corrected chi connectivity index (χ1v) is 4.72. The largest absolute Gasteiger partial charge is 0.339 e.